The van der Waals surface area contributed by atoms with Crippen LogP contribution in [0.5, 0.6) is 11.5 Å². The summed E-state index contributed by atoms with van der Waals surface area (Å²) in [5, 5.41) is 3.20. The van der Waals surface area contributed by atoms with E-state index in [-0.39, 0.29) is 16.3 Å². The minimum Gasteiger partial charge on any atom is -0.452 e. The standard InChI is InChI=1S/C21H28N4O3Si/c1-9-18-19(28-17-13-15(22-5)12-16(14-17)23-6)20(26)25(24-18)10-11-27-29(7,8)21(2,3)4/h12-14,24H,9-11H2,1-4,7-8H3. The van der Waals surface area contributed by atoms with Gasteiger partial charge in [0.25, 0.3) is 0 Å². The molecule has 29 heavy (non-hydrogen) atoms. The highest BCUT2D eigenvalue weighted by Crippen LogP contribution is 2.36. The SMILES string of the molecule is [C-]#[N+]c1cc([N+]#[C-])cc(Oc2c(CC)[nH]n(CCO[Si](C)(C)C(C)(C)C)c2=O)c1. The van der Waals surface area contributed by atoms with Crippen LogP contribution in [-0.2, 0) is 17.4 Å². The van der Waals surface area contributed by atoms with Crippen LogP contribution in [0, 0.1) is 13.1 Å². The number of hydrogen-bond donors (Lipinski definition) is 1. The zero-order valence-corrected chi connectivity index (χ0v) is 18.9. The summed E-state index contributed by atoms with van der Waals surface area (Å²) < 4.78 is 13.5. The number of H-pyrrole nitrogens is 1. The molecule has 1 aromatic heterocycles. The zero-order valence-electron chi connectivity index (χ0n) is 17.9. The maximum Gasteiger partial charge on any atom is 0.309 e. The summed E-state index contributed by atoms with van der Waals surface area (Å²) in [5.74, 6) is 0.498. The Morgan fingerprint density at radius 3 is 2.21 bits per heavy atom. The first-order chi connectivity index (χ1) is 13.5. The number of ether oxygens (including phenoxy) is 1. The van der Waals surface area contributed by atoms with E-state index in [1.165, 1.54) is 22.9 Å². The quantitative estimate of drug-likeness (QED) is 0.472. The zero-order chi connectivity index (χ0) is 21.8. The molecular weight excluding hydrogens is 384 g/mol. The molecular formula is C21H28N4O3Si. The molecule has 0 aliphatic rings. The fraction of sp³-hybridized carbons (Fsp3) is 0.476. The molecule has 0 atom stereocenters. The summed E-state index contributed by atoms with van der Waals surface area (Å²) in [5.41, 5.74) is 0.980. The Labute approximate surface area is 173 Å². The van der Waals surface area contributed by atoms with E-state index in [0.717, 1.165) is 0 Å². The molecule has 0 aliphatic heterocycles. The summed E-state index contributed by atoms with van der Waals surface area (Å²) in [6.45, 7) is 28.0. The van der Waals surface area contributed by atoms with Crippen molar-refractivity contribution >= 4 is 19.7 Å². The normalized spacial score (nSPS) is 11.7. The Bertz CT molecular complexity index is 984. The average Bonchev–Trinajstić information content (AvgIpc) is 2.95. The summed E-state index contributed by atoms with van der Waals surface area (Å²) >= 11 is 0. The molecule has 1 aromatic carbocycles. The Kier molecular flexibility index (Phi) is 6.73. The van der Waals surface area contributed by atoms with Crippen LogP contribution in [0.25, 0.3) is 9.69 Å². The van der Waals surface area contributed by atoms with Crippen molar-refractivity contribution in [2.24, 2.45) is 0 Å². The van der Waals surface area contributed by atoms with E-state index in [1.807, 2.05) is 6.92 Å². The first-order valence-corrected chi connectivity index (χ1v) is 12.5. The van der Waals surface area contributed by atoms with Crippen molar-refractivity contribution in [2.75, 3.05) is 6.61 Å². The van der Waals surface area contributed by atoms with Crippen LogP contribution >= 0.6 is 0 Å². The predicted octanol–water partition coefficient (Wildman–Crippen LogP) is 5.65. The summed E-state index contributed by atoms with van der Waals surface area (Å²) in [6.07, 6.45) is 0.582. The van der Waals surface area contributed by atoms with Crippen molar-refractivity contribution in [3.05, 3.63) is 57.1 Å². The third kappa shape index (κ3) is 5.17. The molecule has 0 saturated heterocycles. The Balaban J connectivity index is 2.24. The second-order valence-corrected chi connectivity index (χ2v) is 13.2. The summed E-state index contributed by atoms with van der Waals surface area (Å²) in [6, 6.07) is 4.54. The highest BCUT2D eigenvalue weighted by atomic mass is 28.4. The second-order valence-electron chi connectivity index (χ2n) is 8.35. The topological polar surface area (TPSA) is 65.0 Å². The number of aryl methyl sites for hydroxylation is 1. The van der Waals surface area contributed by atoms with E-state index in [9.17, 15) is 4.79 Å². The number of hydrogen-bond acceptors (Lipinski definition) is 3. The van der Waals surface area contributed by atoms with Gasteiger partial charge in [-0.25, -0.2) is 14.4 Å². The molecule has 2 aromatic rings. The predicted molar refractivity (Wildman–Crippen MR) is 117 cm³/mol. The molecule has 154 valence electrons. The van der Waals surface area contributed by atoms with Crippen molar-refractivity contribution in [3.63, 3.8) is 0 Å². The summed E-state index contributed by atoms with van der Waals surface area (Å²) in [4.78, 5) is 19.6. The first-order valence-electron chi connectivity index (χ1n) is 9.56. The molecule has 0 saturated carbocycles. The smallest absolute Gasteiger partial charge is 0.309 e. The van der Waals surface area contributed by atoms with Gasteiger partial charge in [-0.05, 0) is 36.7 Å². The Hall–Kier alpha value is -2.81. The number of benzene rings is 1. The van der Waals surface area contributed by atoms with Gasteiger partial charge in [0.15, 0.2) is 19.7 Å². The fourth-order valence-corrected chi connectivity index (χ4v) is 3.54. The highest BCUT2D eigenvalue weighted by Gasteiger charge is 2.37. The van der Waals surface area contributed by atoms with Crippen LogP contribution in [0.3, 0.4) is 0 Å². The fourth-order valence-electron chi connectivity index (χ4n) is 2.50. The van der Waals surface area contributed by atoms with E-state index in [4.69, 9.17) is 22.3 Å². The van der Waals surface area contributed by atoms with Crippen LogP contribution in [0.1, 0.15) is 33.4 Å². The van der Waals surface area contributed by atoms with Crippen LogP contribution in [0.15, 0.2) is 23.0 Å². The van der Waals surface area contributed by atoms with Gasteiger partial charge in [-0.15, -0.1) is 0 Å². The van der Waals surface area contributed by atoms with Gasteiger partial charge in [0.05, 0.1) is 32.0 Å². The maximum absolute atomic E-state index is 12.9. The number of aromatic amines is 1. The van der Waals surface area contributed by atoms with Crippen molar-refractivity contribution in [2.45, 2.75) is 58.8 Å². The minimum absolute atomic E-state index is 0.102. The van der Waals surface area contributed by atoms with Crippen molar-refractivity contribution in [3.8, 4) is 11.5 Å². The summed E-state index contributed by atoms with van der Waals surface area (Å²) in [7, 11) is -1.89. The van der Waals surface area contributed by atoms with Gasteiger partial charge in [-0.2, -0.15) is 0 Å². The lowest BCUT2D eigenvalue weighted by molar-refractivity contribution is 0.264. The third-order valence-electron chi connectivity index (χ3n) is 5.28. The molecule has 0 spiro atoms. The molecule has 7 nitrogen and oxygen atoms in total. The van der Waals surface area contributed by atoms with E-state index < -0.39 is 8.32 Å². The number of rotatable bonds is 7. The molecule has 0 unspecified atom stereocenters. The number of aromatic nitrogens is 2. The molecule has 1 heterocycles. The third-order valence-corrected chi connectivity index (χ3v) is 9.81. The lowest BCUT2D eigenvalue weighted by Gasteiger charge is -2.36. The van der Waals surface area contributed by atoms with Crippen LogP contribution < -0.4 is 10.3 Å². The van der Waals surface area contributed by atoms with Crippen LogP contribution in [-0.4, -0.2) is 24.7 Å². The van der Waals surface area contributed by atoms with E-state index >= 15 is 0 Å². The van der Waals surface area contributed by atoms with Crippen molar-refractivity contribution in [1.82, 2.24) is 9.78 Å². The average molecular weight is 413 g/mol. The number of nitrogens with one attached hydrogen (secondary N) is 1. The maximum atomic E-state index is 12.9. The monoisotopic (exact) mass is 412 g/mol. The van der Waals surface area contributed by atoms with Gasteiger partial charge >= 0.3 is 5.56 Å². The van der Waals surface area contributed by atoms with Gasteiger partial charge in [0.2, 0.25) is 5.75 Å². The Morgan fingerprint density at radius 2 is 1.72 bits per heavy atom. The van der Waals surface area contributed by atoms with Gasteiger partial charge in [-0.1, -0.05) is 33.8 Å². The van der Waals surface area contributed by atoms with Crippen molar-refractivity contribution in [1.29, 1.82) is 0 Å². The van der Waals surface area contributed by atoms with Gasteiger partial charge in [0, 0.05) is 0 Å². The molecule has 0 bridgehead atoms. The molecule has 0 radical (unpaired) electrons. The van der Waals surface area contributed by atoms with Gasteiger partial charge in [0.1, 0.15) is 5.75 Å². The van der Waals surface area contributed by atoms with Crippen LogP contribution in [0.4, 0.5) is 11.4 Å². The molecule has 0 fully saturated rings. The van der Waals surface area contributed by atoms with Crippen LogP contribution in [0.2, 0.25) is 18.1 Å². The second kappa shape index (κ2) is 8.69. The molecule has 2 rings (SSSR count). The molecule has 1 N–H and O–H groups in total. The number of nitrogens with zero attached hydrogens (tertiary/aromatic N) is 3. The minimum atomic E-state index is -1.89. The Morgan fingerprint density at radius 1 is 1.14 bits per heavy atom. The van der Waals surface area contributed by atoms with Crippen molar-refractivity contribution < 1.29 is 9.16 Å². The van der Waals surface area contributed by atoms with E-state index in [1.54, 1.807) is 0 Å². The highest BCUT2D eigenvalue weighted by molar-refractivity contribution is 6.74. The largest absolute Gasteiger partial charge is 0.452 e. The molecule has 0 amide bonds. The lowest BCUT2D eigenvalue weighted by Crippen LogP contribution is -2.41. The molecule has 8 heteroatoms. The van der Waals surface area contributed by atoms with Gasteiger partial charge < -0.3 is 9.16 Å². The first kappa shape index (κ1) is 22.5. The van der Waals surface area contributed by atoms with E-state index in [0.29, 0.717) is 42.4 Å². The van der Waals surface area contributed by atoms with Gasteiger partial charge in [-0.3, -0.25) is 9.89 Å². The lowest BCUT2D eigenvalue weighted by atomic mass is 10.2. The van der Waals surface area contributed by atoms with E-state index in [2.05, 4.69) is 48.7 Å². The molecule has 0 aliphatic carbocycles.